The minimum absolute atomic E-state index is 0.0321. The standard InChI is InChI=1S/C21H24BrN3O4/c1-2-28-18-12-15(21(27)24-19-9-7-16(22)13-23-19)6-8-17(18)29-14-20(26)25-10-4-3-5-11-25/h6-9,12-13H,2-5,10-11,14H2,1H3,(H,23,24,27). The van der Waals surface area contributed by atoms with E-state index in [-0.39, 0.29) is 18.4 Å². The first-order valence-corrected chi connectivity index (χ1v) is 10.5. The molecule has 1 aliphatic rings. The molecule has 0 saturated carbocycles. The number of carbonyl (C=O) groups is 2. The molecule has 0 atom stereocenters. The van der Waals surface area contributed by atoms with Gasteiger partial charge in [-0.05, 0) is 72.4 Å². The predicted molar refractivity (Wildman–Crippen MR) is 113 cm³/mol. The van der Waals surface area contributed by atoms with E-state index in [1.807, 2.05) is 11.8 Å². The molecule has 1 aliphatic heterocycles. The summed E-state index contributed by atoms with van der Waals surface area (Å²) in [7, 11) is 0. The third-order valence-corrected chi connectivity index (χ3v) is 5.00. The molecule has 0 spiro atoms. The van der Waals surface area contributed by atoms with Gasteiger partial charge >= 0.3 is 0 Å². The number of hydrogen-bond donors (Lipinski definition) is 1. The number of amides is 2. The molecule has 154 valence electrons. The topological polar surface area (TPSA) is 80.8 Å². The first-order valence-electron chi connectivity index (χ1n) is 9.67. The summed E-state index contributed by atoms with van der Waals surface area (Å²) < 4.78 is 12.2. The van der Waals surface area contributed by atoms with Crippen LogP contribution < -0.4 is 14.8 Å². The van der Waals surface area contributed by atoms with Gasteiger partial charge in [0, 0.05) is 29.3 Å². The third kappa shape index (κ3) is 5.93. The molecule has 0 unspecified atom stereocenters. The fraction of sp³-hybridized carbons (Fsp3) is 0.381. The molecule has 3 rings (SSSR count). The average molecular weight is 462 g/mol. The van der Waals surface area contributed by atoms with E-state index in [4.69, 9.17) is 9.47 Å². The summed E-state index contributed by atoms with van der Waals surface area (Å²) in [5.41, 5.74) is 0.410. The normalized spacial score (nSPS) is 13.7. The molecule has 29 heavy (non-hydrogen) atoms. The van der Waals surface area contributed by atoms with E-state index in [9.17, 15) is 9.59 Å². The van der Waals surface area contributed by atoms with Crippen LogP contribution in [0, 0.1) is 0 Å². The lowest BCUT2D eigenvalue weighted by Crippen LogP contribution is -2.38. The van der Waals surface area contributed by atoms with Gasteiger partial charge in [-0.15, -0.1) is 0 Å². The summed E-state index contributed by atoms with van der Waals surface area (Å²) >= 11 is 3.31. The van der Waals surface area contributed by atoms with Gasteiger partial charge < -0.3 is 19.7 Å². The van der Waals surface area contributed by atoms with E-state index in [1.165, 1.54) is 6.42 Å². The van der Waals surface area contributed by atoms with Gasteiger partial charge in [0.25, 0.3) is 11.8 Å². The largest absolute Gasteiger partial charge is 0.490 e. The van der Waals surface area contributed by atoms with Crippen LogP contribution in [0.3, 0.4) is 0 Å². The lowest BCUT2D eigenvalue weighted by Gasteiger charge is -2.26. The Labute approximate surface area is 178 Å². The zero-order valence-electron chi connectivity index (χ0n) is 16.3. The first kappa shape index (κ1) is 21.1. The van der Waals surface area contributed by atoms with Gasteiger partial charge in [-0.1, -0.05) is 0 Å². The minimum Gasteiger partial charge on any atom is -0.490 e. The molecule has 0 radical (unpaired) electrons. The van der Waals surface area contributed by atoms with Gasteiger partial charge in [-0.2, -0.15) is 0 Å². The highest BCUT2D eigenvalue weighted by atomic mass is 79.9. The molecule has 1 aromatic carbocycles. The van der Waals surface area contributed by atoms with Crippen LogP contribution in [0.25, 0.3) is 0 Å². The van der Waals surface area contributed by atoms with E-state index in [1.54, 1.807) is 36.5 Å². The van der Waals surface area contributed by atoms with E-state index >= 15 is 0 Å². The summed E-state index contributed by atoms with van der Waals surface area (Å²) in [4.78, 5) is 30.8. The number of likely N-dealkylation sites (tertiary alicyclic amines) is 1. The van der Waals surface area contributed by atoms with Gasteiger partial charge in [0.2, 0.25) is 0 Å². The fourth-order valence-corrected chi connectivity index (χ4v) is 3.28. The van der Waals surface area contributed by atoms with Crippen LogP contribution in [-0.2, 0) is 4.79 Å². The zero-order chi connectivity index (χ0) is 20.6. The zero-order valence-corrected chi connectivity index (χ0v) is 17.9. The second kappa shape index (κ2) is 10.2. The van der Waals surface area contributed by atoms with Gasteiger partial charge in [0.05, 0.1) is 6.61 Å². The number of pyridine rings is 1. The molecular formula is C21H24BrN3O4. The Kier molecular flexibility index (Phi) is 7.46. The van der Waals surface area contributed by atoms with Crippen molar-refractivity contribution in [1.82, 2.24) is 9.88 Å². The van der Waals surface area contributed by atoms with Crippen LogP contribution >= 0.6 is 15.9 Å². The Morgan fingerprint density at radius 2 is 1.90 bits per heavy atom. The van der Waals surface area contributed by atoms with Crippen molar-refractivity contribution in [3.05, 3.63) is 46.6 Å². The maximum atomic E-state index is 12.5. The van der Waals surface area contributed by atoms with Gasteiger partial charge in [-0.3, -0.25) is 9.59 Å². The van der Waals surface area contributed by atoms with Crippen LogP contribution in [0.4, 0.5) is 5.82 Å². The molecule has 1 saturated heterocycles. The van der Waals surface area contributed by atoms with Crippen molar-refractivity contribution in [2.75, 3.05) is 31.6 Å². The molecule has 1 fully saturated rings. The molecule has 1 N–H and O–H groups in total. The summed E-state index contributed by atoms with van der Waals surface area (Å²) in [5, 5.41) is 2.74. The smallest absolute Gasteiger partial charge is 0.260 e. The summed E-state index contributed by atoms with van der Waals surface area (Å²) in [5.74, 6) is 0.974. The molecule has 8 heteroatoms. The molecule has 0 bridgehead atoms. The first-order chi connectivity index (χ1) is 14.1. The molecule has 2 amide bonds. The average Bonchev–Trinajstić information content (AvgIpc) is 2.75. The quantitative estimate of drug-likeness (QED) is 0.676. The molecule has 2 heterocycles. The lowest BCUT2D eigenvalue weighted by molar-refractivity contribution is -0.134. The van der Waals surface area contributed by atoms with Crippen LogP contribution in [0.5, 0.6) is 11.5 Å². The number of piperidine rings is 1. The van der Waals surface area contributed by atoms with Gasteiger partial charge in [0.15, 0.2) is 18.1 Å². The van der Waals surface area contributed by atoms with Crippen molar-refractivity contribution in [2.45, 2.75) is 26.2 Å². The minimum atomic E-state index is -0.309. The summed E-state index contributed by atoms with van der Waals surface area (Å²) in [6.07, 6.45) is 4.84. The lowest BCUT2D eigenvalue weighted by atomic mass is 10.1. The van der Waals surface area contributed by atoms with Crippen molar-refractivity contribution < 1.29 is 19.1 Å². The van der Waals surface area contributed by atoms with Crippen molar-refractivity contribution in [3.8, 4) is 11.5 Å². The van der Waals surface area contributed by atoms with Gasteiger partial charge in [-0.25, -0.2) is 4.98 Å². The highest BCUT2D eigenvalue weighted by Crippen LogP contribution is 2.29. The maximum Gasteiger partial charge on any atom is 0.260 e. The van der Waals surface area contributed by atoms with Crippen LogP contribution in [0.2, 0.25) is 0 Å². The van der Waals surface area contributed by atoms with E-state index < -0.39 is 0 Å². The number of hydrogen-bond acceptors (Lipinski definition) is 5. The number of anilines is 1. The number of rotatable bonds is 7. The Bertz CT molecular complexity index is 852. The fourth-order valence-electron chi connectivity index (χ4n) is 3.05. The number of nitrogens with zero attached hydrogens (tertiary/aromatic N) is 2. The molecule has 2 aromatic rings. The Morgan fingerprint density at radius 1 is 1.10 bits per heavy atom. The Balaban J connectivity index is 1.66. The second-order valence-corrected chi connectivity index (χ2v) is 7.56. The predicted octanol–water partition coefficient (Wildman–Crippen LogP) is 3.89. The monoisotopic (exact) mass is 461 g/mol. The second-order valence-electron chi connectivity index (χ2n) is 6.64. The maximum absolute atomic E-state index is 12.5. The highest BCUT2D eigenvalue weighted by molar-refractivity contribution is 9.10. The number of carbonyl (C=O) groups excluding carboxylic acids is 2. The van der Waals surface area contributed by atoms with Crippen LogP contribution in [0.1, 0.15) is 36.5 Å². The Hall–Kier alpha value is -2.61. The number of benzene rings is 1. The van der Waals surface area contributed by atoms with Crippen molar-refractivity contribution >= 4 is 33.6 Å². The SMILES string of the molecule is CCOc1cc(C(=O)Nc2ccc(Br)cn2)ccc1OCC(=O)N1CCCCC1. The van der Waals surface area contributed by atoms with E-state index in [2.05, 4.69) is 26.2 Å². The number of ether oxygens (including phenoxy) is 2. The van der Waals surface area contributed by atoms with Gasteiger partial charge in [0.1, 0.15) is 5.82 Å². The number of nitrogens with one attached hydrogen (secondary N) is 1. The van der Waals surface area contributed by atoms with Crippen molar-refractivity contribution in [3.63, 3.8) is 0 Å². The highest BCUT2D eigenvalue weighted by Gasteiger charge is 2.18. The van der Waals surface area contributed by atoms with E-state index in [0.717, 1.165) is 30.4 Å². The summed E-state index contributed by atoms with van der Waals surface area (Å²) in [6, 6.07) is 8.40. The summed E-state index contributed by atoms with van der Waals surface area (Å²) in [6.45, 7) is 3.78. The van der Waals surface area contributed by atoms with Crippen LogP contribution in [-0.4, -0.2) is 48.0 Å². The van der Waals surface area contributed by atoms with Crippen LogP contribution in [0.15, 0.2) is 41.0 Å². The van der Waals surface area contributed by atoms with Crippen molar-refractivity contribution in [1.29, 1.82) is 0 Å². The number of aromatic nitrogens is 1. The molecular weight excluding hydrogens is 438 g/mol. The van der Waals surface area contributed by atoms with E-state index in [0.29, 0.717) is 29.5 Å². The number of halogens is 1. The van der Waals surface area contributed by atoms with Crippen molar-refractivity contribution in [2.24, 2.45) is 0 Å². The third-order valence-electron chi connectivity index (χ3n) is 4.53. The molecule has 7 nitrogen and oxygen atoms in total. The Morgan fingerprint density at radius 3 is 2.59 bits per heavy atom. The molecule has 1 aromatic heterocycles. The molecule has 0 aliphatic carbocycles.